The molecular weight excluding hydrogens is 254 g/mol. The van der Waals surface area contributed by atoms with Gasteiger partial charge in [-0.15, -0.1) is 0 Å². The number of halogens is 1. The Balaban J connectivity index is 2.12. The van der Waals surface area contributed by atoms with E-state index < -0.39 is 0 Å². The average molecular weight is 270 g/mol. The Bertz CT molecular complexity index is 353. The van der Waals surface area contributed by atoms with Crippen molar-refractivity contribution < 1.29 is 4.74 Å². The molecule has 0 bridgehead atoms. The van der Waals surface area contributed by atoms with Crippen LogP contribution in [0.1, 0.15) is 18.9 Å². The summed E-state index contributed by atoms with van der Waals surface area (Å²) in [5.41, 5.74) is 2.43. The quantitative estimate of drug-likeness (QED) is 0.889. The summed E-state index contributed by atoms with van der Waals surface area (Å²) in [7, 11) is 0. The first-order chi connectivity index (χ1) is 7.16. The zero-order chi connectivity index (χ0) is 10.8. The molecule has 2 nitrogen and oxygen atoms in total. The van der Waals surface area contributed by atoms with Crippen LogP contribution in [0.4, 0.5) is 5.69 Å². The maximum Gasteiger partial charge on any atom is 0.0748 e. The molecule has 1 aliphatic rings. The fourth-order valence-corrected chi connectivity index (χ4v) is 2.23. The van der Waals surface area contributed by atoms with Gasteiger partial charge in [0.25, 0.3) is 0 Å². The van der Waals surface area contributed by atoms with E-state index in [-0.39, 0.29) is 0 Å². The van der Waals surface area contributed by atoms with Gasteiger partial charge in [-0.1, -0.05) is 6.07 Å². The smallest absolute Gasteiger partial charge is 0.0748 e. The molecule has 1 aromatic carbocycles. The van der Waals surface area contributed by atoms with Crippen LogP contribution in [0, 0.1) is 6.92 Å². The van der Waals surface area contributed by atoms with Crippen LogP contribution >= 0.6 is 15.9 Å². The van der Waals surface area contributed by atoms with E-state index in [1.807, 2.05) is 0 Å². The molecule has 3 heteroatoms. The van der Waals surface area contributed by atoms with E-state index in [1.54, 1.807) is 0 Å². The van der Waals surface area contributed by atoms with Crippen molar-refractivity contribution in [1.82, 2.24) is 0 Å². The van der Waals surface area contributed by atoms with Crippen molar-refractivity contribution in [3.05, 3.63) is 28.2 Å². The van der Waals surface area contributed by atoms with Crippen molar-refractivity contribution >= 4 is 21.6 Å². The van der Waals surface area contributed by atoms with Crippen molar-refractivity contribution in [1.29, 1.82) is 0 Å². The largest absolute Gasteiger partial charge is 0.379 e. The van der Waals surface area contributed by atoms with Crippen LogP contribution in [0.15, 0.2) is 22.7 Å². The molecule has 15 heavy (non-hydrogen) atoms. The monoisotopic (exact) mass is 269 g/mol. The number of rotatable bonds is 2. The predicted molar refractivity (Wildman–Crippen MR) is 66.3 cm³/mol. The first-order valence-corrected chi connectivity index (χ1v) is 6.10. The van der Waals surface area contributed by atoms with E-state index in [0.717, 1.165) is 23.2 Å². The van der Waals surface area contributed by atoms with Gasteiger partial charge in [0, 0.05) is 16.8 Å². The molecule has 0 saturated carbocycles. The van der Waals surface area contributed by atoms with Gasteiger partial charge in [-0.3, -0.25) is 0 Å². The third kappa shape index (κ3) is 2.52. The van der Waals surface area contributed by atoms with Crippen LogP contribution in [0.25, 0.3) is 0 Å². The fraction of sp³-hybridized carbons (Fsp3) is 0.500. The molecule has 1 aliphatic heterocycles. The van der Waals surface area contributed by atoms with Crippen molar-refractivity contribution in [2.45, 2.75) is 32.4 Å². The summed E-state index contributed by atoms with van der Waals surface area (Å²) < 4.78 is 6.65. The van der Waals surface area contributed by atoms with Crippen LogP contribution in [-0.4, -0.2) is 18.8 Å². The first-order valence-electron chi connectivity index (χ1n) is 5.31. The summed E-state index contributed by atoms with van der Waals surface area (Å²) >= 11 is 3.55. The molecule has 0 spiro atoms. The van der Waals surface area contributed by atoms with Crippen LogP contribution < -0.4 is 5.32 Å². The summed E-state index contributed by atoms with van der Waals surface area (Å²) in [4.78, 5) is 0. The number of nitrogens with one attached hydrogen (secondary N) is 1. The topological polar surface area (TPSA) is 21.3 Å². The Morgan fingerprint density at radius 1 is 1.47 bits per heavy atom. The second-order valence-electron chi connectivity index (χ2n) is 4.10. The molecule has 1 N–H and O–H groups in total. The maximum absolute atomic E-state index is 5.53. The molecule has 1 heterocycles. The Labute approximate surface area is 99.1 Å². The number of benzene rings is 1. The van der Waals surface area contributed by atoms with Crippen molar-refractivity contribution in [2.75, 3.05) is 11.9 Å². The third-order valence-electron chi connectivity index (χ3n) is 2.84. The highest BCUT2D eigenvalue weighted by Crippen LogP contribution is 2.26. The predicted octanol–water partition coefficient (Wildman–Crippen LogP) is 3.35. The molecule has 0 aliphatic carbocycles. The Morgan fingerprint density at radius 3 is 2.93 bits per heavy atom. The summed E-state index contributed by atoms with van der Waals surface area (Å²) in [5.74, 6) is 0. The SMILES string of the molecule is Cc1ccc(Br)c(N[C@@H]2CCO[C@H]2C)c1. The summed E-state index contributed by atoms with van der Waals surface area (Å²) in [6.45, 7) is 5.09. The van der Waals surface area contributed by atoms with Gasteiger partial charge < -0.3 is 10.1 Å². The van der Waals surface area contributed by atoms with Crippen molar-refractivity contribution in [3.63, 3.8) is 0 Å². The molecule has 2 atom stereocenters. The van der Waals surface area contributed by atoms with Gasteiger partial charge in [-0.05, 0) is 53.9 Å². The van der Waals surface area contributed by atoms with E-state index in [4.69, 9.17) is 4.74 Å². The highest BCUT2D eigenvalue weighted by atomic mass is 79.9. The lowest BCUT2D eigenvalue weighted by atomic mass is 10.1. The van der Waals surface area contributed by atoms with E-state index in [2.05, 4.69) is 53.3 Å². The zero-order valence-corrected chi connectivity index (χ0v) is 10.7. The molecule has 1 fully saturated rings. The highest BCUT2D eigenvalue weighted by Gasteiger charge is 2.24. The molecule has 82 valence electrons. The molecule has 0 radical (unpaired) electrons. The Morgan fingerprint density at radius 2 is 2.27 bits per heavy atom. The Hall–Kier alpha value is -0.540. The lowest BCUT2D eigenvalue weighted by Crippen LogP contribution is -2.26. The second-order valence-corrected chi connectivity index (χ2v) is 4.95. The maximum atomic E-state index is 5.53. The Kier molecular flexibility index (Phi) is 3.32. The standard InChI is InChI=1S/C12H16BrNO/c1-8-3-4-10(13)12(7-8)14-11-5-6-15-9(11)2/h3-4,7,9,11,14H,5-6H2,1-2H3/t9-,11+/m0/s1. The number of anilines is 1. The minimum Gasteiger partial charge on any atom is -0.379 e. The van der Waals surface area contributed by atoms with E-state index in [9.17, 15) is 0 Å². The van der Waals surface area contributed by atoms with Crippen molar-refractivity contribution in [3.8, 4) is 0 Å². The first kappa shape index (κ1) is 11.0. The minimum atomic E-state index is 0.303. The summed E-state index contributed by atoms with van der Waals surface area (Å²) in [6.07, 6.45) is 1.39. The lowest BCUT2D eigenvalue weighted by molar-refractivity contribution is 0.121. The van der Waals surface area contributed by atoms with Crippen LogP contribution in [0.3, 0.4) is 0 Å². The normalized spacial score (nSPS) is 25.5. The highest BCUT2D eigenvalue weighted by molar-refractivity contribution is 9.10. The average Bonchev–Trinajstić information content (AvgIpc) is 2.58. The van der Waals surface area contributed by atoms with Gasteiger partial charge in [-0.2, -0.15) is 0 Å². The van der Waals surface area contributed by atoms with Crippen molar-refractivity contribution in [2.24, 2.45) is 0 Å². The molecule has 0 unspecified atom stereocenters. The van der Waals surface area contributed by atoms with Gasteiger partial charge in [0.1, 0.15) is 0 Å². The molecule has 2 rings (SSSR count). The lowest BCUT2D eigenvalue weighted by Gasteiger charge is -2.18. The molecule has 1 saturated heterocycles. The van der Waals surface area contributed by atoms with Gasteiger partial charge in [0.15, 0.2) is 0 Å². The summed E-state index contributed by atoms with van der Waals surface area (Å²) in [5, 5.41) is 3.53. The molecule has 0 amide bonds. The molecular formula is C12H16BrNO. The second kappa shape index (κ2) is 4.54. The number of ether oxygens (including phenoxy) is 1. The molecule has 0 aromatic heterocycles. The number of hydrogen-bond acceptors (Lipinski definition) is 2. The number of aryl methyl sites for hydroxylation is 1. The van der Waals surface area contributed by atoms with E-state index in [0.29, 0.717) is 12.1 Å². The van der Waals surface area contributed by atoms with E-state index in [1.165, 1.54) is 5.56 Å². The van der Waals surface area contributed by atoms with Crippen LogP contribution in [0.5, 0.6) is 0 Å². The van der Waals surface area contributed by atoms with Gasteiger partial charge in [0.2, 0.25) is 0 Å². The third-order valence-corrected chi connectivity index (χ3v) is 3.53. The van der Waals surface area contributed by atoms with E-state index >= 15 is 0 Å². The molecule has 1 aromatic rings. The minimum absolute atomic E-state index is 0.303. The van der Waals surface area contributed by atoms with Crippen LogP contribution in [0.2, 0.25) is 0 Å². The number of hydrogen-bond donors (Lipinski definition) is 1. The van der Waals surface area contributed by atoms with Gasteiger partial charge >= 0.3 is 0 Å². The zero-order valence-electron chi connectivity index (χ0n) is 9.09. The fourth-order valence-electron chi connectivity index (χ4n) is 1.87. The van der Waals surface area contributed by atoms with Gasteiger partial charge in [-0.25, -0.2) is 0 Å². The van der Waals surface area contributed by atoms with Crippen LogP contribution in [-0.2, 0) is 4.74 Å². The van der Waals surface area contributed by atoms with Gasteiger partial charge in [0.05, 0.1) is 12.1 Å². The summed E-state index contributed by atoms with van der Waals surface area (Å²) in [6, 6.07) is 6.78.